The van der Waals surface area contributed by atoms with Gasteiger partial charge in [0.15, 0.2) is 11.5 Å². The number of ether oxygens (including phenoxy) is 2. The van der Waals surface area contributed by atoms with Crippen LogP contribution in [-0.4, -0.2) is 35.6 Å². The number of nitrogens with zero attached hydrogens (tertiary/aromatic N) is 1. The Morgan fingerprint density at radius 3 is 2.16 bits per heavy atom. The normalized spacial score (nSPS) is 10.9. The molecule has 0 saturated heterocycles. The quantitative estimate of drug-likeness (QED) is 0.580. The van der Waals surface area contributed by atoms with Crippen LogP contribution >= 0.6 is 0 Å². The van der Waals surface area contributed by atoms with Gasteiger partial charge in [-0.3, -0.25) is 9.10 Å². The predicted molar refractivity (Wildman–Crippen MR) is 119 cm³/mol. The summed E-state index contributed by atoms with van der Waals surface area (Å²) in [4.78, 5) is 12.7. The second kappa shape index (κ2) is 9.53. The molecule has 0 saturated carbocycles. The first kappa shape index (κ1) is 22.2. The lowest BCUT2D eigenvalue weighted by Gasteiger charge is -2.19. The Morgan fingerprint density at radius 2 is 1.55 bits per heavy atom. The fraction of sp³-hybridized carbons (Fsp3) is 0.174. The van der Waals surface area contributed by atoms with E-state index in [9.17, 15) is 13.2 Å². The zero-order chi connectivity index (χ0) is 22.4. The zero-order valence-electron chi connectivity index (χ0n) is 17.5. The van der Waals surface area contributed by atoms with Crippen molar-refractivity contribution in [1.82, 2.24) is 5.32 Å². The first-order valence-corrected chi connectivity index (χ1v) is 10.9. The molecule has 8 heteroatoms. The molecule has 162 valence electrons. The van der Waals surface area contributed by atoms with Gasteiger partial charge in [-0.05, 0) is 54.1 Å². The van der Waals surface area contributed by atoms with Crippen LogP contribution < -0.4 is 19.1 Å². The number of amides is 1. The van der Waals surface area contributed by atoms with Crippen LogP contribution in [0.3, 0.4) is 0 Å². The van der Waals surface area contributed by atoms with Crippen LogP contribution in [0.5, 0.6) is 11.5 Å². The maximum atomic E-state index is 12.7. The molecule has 0 aliphatic heterocycles. The van der Waals surface area contributed by atoms with E-state index >= 15 is 0 Å². The number of benzene rings is 3. The molecule has 1 N–H and O–H groups in total. The SMILES string of the molecule is COc1ccc(CNC(=O)c2ccc(N(C)S(=O)(=O)c3ccccc3)cc2)cc1OC. The van der Waals surface area contributed by atoms with E-state index in [1.54, 1.807) is 80.9 Å². The van der Waals surface area contributed by atoms with Crippen molar-refractivity contribution in [2.24, 2.45) is 0 Å². The van der Waals surface area contributed by atoms with Crippen molar-refractivity contribution in [3.8, 4) is 11.5 Å². The van der Waals surface area contributed by atoms with E-state index in [1.807, 2.05) is 6.07 Å². The molecular formula is C23H24N2O5S. The second-order valence-corrected chi connectivity index (χ2v) is 8.67. The summed E-state index contributed by atoms with van der Waals surface area (Å²) < 4.78 is 37.1. The molecule has 3 rings (SSSR count). The van der Waals surface area contributed by atoms with Gasteiger partial charge in [-0.25, -0.2) is 8.42 Å². The molecule has 3 aromatic carbocycles. The summed E-state index contributed by atoms with van der Waals surface area (Å²) in [6.45, 7) is 0.309. The summed E-state index contributed by atoms with van der Waals surface area (Å²) in [6, 6.07) is 20.0. The van der Waals surface area contributed by atoms with Crippen molar-refractivity contribution in [2.45, 2.75) is 11.4 Å². The molecule has 0 aliphatic rings. The van der Waals surface area contributed by atoms with Crippen LogP contribution in [0.15, 0.2) is 77.7 Å². The minimum atomic E-state index is -3.67. The smallest absolute Gasteiger partial charge is 0.264 e. The standard InChI is InChI=1S/C23H24N2O5S/c1-25(31(27,28)20-7-5-4-6-8-20)19-12-10-18(11-13-19)23(26)24-16-17-9-14-21(29-2)22(15-17)30-3/h4-15H,16H2,1-3H3,(H,24,26). The lowest BCUT2D eigenvalue weighted by molar-refractivity contribution is 0.0951. The molecule has 0 unspecified atom stereocenters. The van der Waals surface area contributed by atoms with Crippen LogP contribution in [-0.2, 0) is 16.6 Å². The average molecular weight is 441 g/mol. The zero-order valence-corrected chi connectivity index (χ0v) is 18.3. The molecule has 0 aliphatic carbocycles. The first-order valence-electron chi connectivity index (χ1n) is 9.50. The number of carbonyl (C=O) groups excluding carboxylic acids is 1. The van der Waals surface area contributed by atoms with Gasteiger partial charge in [-0.15, -0.1) is 0 Å². The van der Waals surface area contributed by atoms with E-state index in [0.29, 0.717) is 29.3 Å². The molecule has 0 atom stereocenters. The minimum absolute atomic E-state index is 0.203. The summed E-state index contributed by atoms with van der Waals surface area (Å²) in [5.74, 6) is 0.930. The van der Waals surface area contributed by atoms with Gasteiger partial charge in [0.2, 0.25) is 0 Å². The molecule has 0 fully saturated rings. The van der Waals surface area contributed by atoms with E-state index in [1.165, 1.54) is 11.4 Å². The number of carbonyl (C=O) groups is 1. The lowest BCUT2D eigenvalue weighted by atomic mass is 10.1. The van der Waals surface area contributed by atoms with Gasteiger partial charge < -0.3 is 14.8 Å². The highest BCUT2D eigenvalue weighted by molar-refractivity contribution is 7.92. The number of rotatable bonds is 8. The minimum Gasteiger partial charge on any atom is -0.493 e. The van der Waals surface area contributed by atoms with E-state index in [2.05, 4.69) is 5.32 Å². The third-order valence-corrected chi connectivity index (χ3v) is 6.60. The molecule has 0 heterocycles. The molecule has 31 heavy (non-hydrogen) atoms. The molecular weight excluding hydrogens is 416 g/mol. The third-order valence-electron chi connectivity index (χ3n) is 4.80. The number of methoxy groups -OCH3 is 2. The van der Waals surface area contributed by atoms with Gasteiger partial charge in [0, 0.05) is 19.2 Å². The molecule has 0 radical (unpaired) electrons. The first-order chi connectivity index (χ1) is 14.9. The Labute approximate surface area is 182 Å². The Balaban J connectivity index is 1.68. The molecule has 3 aromatic rings. The maximum absolute atomic E-state index is 12.7. The average Bonchev–Trinajstić information content (AvgIpc) is 2.82. The molecule has 1 amide bonds. The van der Waals surface area contributed by atoms with Gasteiger partial charge in [0.05, 0.1) is 24.8 Å². The van der Waals surface area contributed by atoms with E-state index < -0.39 is 10.0 Å². The lowest BCUT2D eigenvalue weighted by Crippen LogP contribution is -2.27. The fourth-order valence-electron chi connectivity index (χ4n) is 2.99. The van der Waals surface area contributed by atoms with E-state index in [4.69, 9.17) is 9.47 Å². The molecule has 0 aromatic heterocycles. The van der Waals surface area contributed by atoms with E-state index in [0.717, 1.165) is 5.56 Å². The highest BCUT2D eigenvalue weighted by Crippen LogP contribution is 2.27. The largest absolute Gasteiger partial charge is 0.493 e. The van der Waals surface area contributed by atoms with Crippen LogP contribution in [0.4, 0.5) is 5.69 Å². The maximum Gasteiger partial charge on any atom is 0.264 e. The van der Waals surface area contributed by atoms with E-state index in [-0.39, 0.29) is 10.8 Å². The monoisotopic (exact) mass is 440 g/mol. The Kier molecular flexibility index (Phi) is 6.81. The van der Waals surface area contributed by atoms with Crippen LogP contribution in [0.25, 0.3) is 0 Å². The van der Waals surface area contributed by atoms with Crippen LogP contribution in [0.2, 0.25) is 0 Å². The Morgan fingerprint density at radius 1 is 0.903 bits per heavy atom. The summed E-state index contributed by atoms with van der Waals surface area (Å²) in [6.07, 6.45) is 0. The summed E-state index contributed by atoms with van der Waals surface area (Å²) in [7, 11) is 0.921. The number of anilines is 1. The van der Waals surface area contributed by atoms with Gasteiger partial charge >= 0.3 is 0 Å². The van der Waals surface area contributed by atoms with Gasteiger partial charge in [-0.2, -0.15) is 0 Å². The predicted octanol–water partition coefficient (Wildman–Crippen LogP) is 3.46. The Hall–Kier alpha value is -3.52. The molecule has 0 bridgehead atoms. The van der Waals surface area contributed by atoms with Crippen molar-refractivity contribution in [3.63, 3.8) is 0 Å². The van der Waals surface area contributed by atoms with Gasteiger partial charge in [0.1, 0.15) is 0 Å². The van der Waals surface area contributed by atoms with Crippen LogP contribution in [0, 0.1) is 0 Å². The van der Waals surface area contributed by atoms with Crippen molar-refractivity contribution >= 4 is 21.6 Å². The number of hydrogen-bond donors (Lipinski definition) is 1. The summed E-state index contributed by atoms with van der Waals surface area (Å²) in [5, 5.41) is 2.84. The summed E-state index contributed by atoms with van der Waals surface area (Å²) >= 11 is 0. The van der Waals surface area contributed by atoms with Crippen LogP contribution in [0.1, 0.15) is 15.9 Å². The highest BCUT2D eigenvalue weighted by Gasteiger charge is 2.21. The molecule has 0 spiro atoms. The second-order valence-electron chi connectivity index (χ2n) is 6.70. The highest BCUT2D eigenvalue weighted by atomic mass is 32.2. The molecule has 7 nitrogen and oxygen atoms in total. The van der Waals surface area contributed by atoms with Crippen molar-refractivity contribution < 1.29 is 22.7 Å². The number of hydrogen-bond acceptors (Lipinski definition) is 5. The third kappa shape index (κ3) is 4.97. The van der Waals surface area contributed by atoms with Crippen molar-refractivity contribution in [2.75, 3.05) is 25.6 Å². The topological polar surface area (TPSA) is 84.9 Å². The number of nitrogens with one attached hydrogen (secondary N) is 1. The van der Waals surface area contributed by atoms with Crippen molar-refractivity contribution in [3.05, 3.63) is 83.9 Å². The van der Waals surface area contributed by atoms with Gasteiger partial charge in [0.25, 0.3) is 15.9 Å². The Bertz CT molecular complexity index is 1150. The number of sulfonamides is 1. The fourth-order valence-corrected chi connectivity index (χ4v) is 4.20. The van der Waals surface area contributed by atoms with Gasteiger partial charge in [-0.1, -0.05) is 24.3 Å². The summed E-state index contributed by atoms with van der Waals surface area (Å²) in [5.41, 5.74) is 1.74. The van der Waals surface area contributed by atoms with Crippen molar-refractivity contribution in [1.29, 1.82) is 0 Å².